The fourth-order valence-electron chi connectivity index (χ4n) is 2.05. The van der Waals surface area contributed by atoms with Gasteiger partial charge in [0.25, 0.3) is 0 Å². The Bertz CT molecular complexity index is 490. The standard InChI is InChI=1S/C13H19N3O2/c1-10-8-11(9-18-10)13(14-2)12-4-5-15-16(12)6-7-17-3/h4-5,8-9,13-14H,6-7H2,1-3H3. The number of ether oxygens (including phenoxy) is 1. The van der Waals surface area contributed by atoms with Gasteiger partial charge in [-0.15, -0.1) is 0 Å². The molecule has 5 nitrogen and oxygen atoms in total. The Kier molecular flexibility index (Phi) is 4.17. The van der Waals surface area contributed by atoms with Crippen molar-refractivity contribution < 1.29 is 9.15 Å². The van der Waals surface area contributed by atoms with Crippen LogP contribution in [0.1, 0.15) is 23.1 Å². The van der Waals surface area contributed by atoms with E-state index in [9.17, 15) is 0 Å². The van der Waals surface area contributed by atoms with Crippen LogP contribution in [0.4, 0.5) is 0 Å². The summed E-state index contributed by atoms with van der Waals surface area (Å²) < 4.78 is 12.4. The van der Waals surface area contributed by atoms with Crippen molar-refractivity contribution >= 4 is 0 Å². The lowest BCUT2D eigenvalue weighted by molar-refractivity contribution is 0.182. The zero-order valence-electron chi connectivity index (χ0n) is 11.0. The highest BCUT2D eigenvalue weighted by molar-refractivity contribution is 5.26. The summed E-state index contributed by atoms with van der Waals surface area (Å²) in [6.45, 7) is 3.34. The van der Waals surface area contributed by atoms with Crippen molar-refractivity contribution in [1.82, 2.24) is 15.1 Å². The number of hydrogen-bond donors (Lipinski definition) is 1. The van der Waals surface area contributed by atoms with E-state index in [1.807, 2.05) is 37.0 Å². The molecular formula is C13H19N3O2. The molecule has 98 valence electrons. The number of aryl methyl sites for hydroxylation is 1. The number of aromatic nitrogens is 2. The molecule has 1 unspecified atom stereocenters. The van der Waals surface area contributed by atoms with Gasteiger partial charge in [0.1, 0.15) is 5.76 Å². The van der Waals surface area contributed by atoms with Gasteiger partial charge >= 0.3 is 0 Å². The molecule has 2 aromatic rings. The quantitative estimate of drug-likeness (QED) is 0.847. The van der Waals surface area contributed by atoms with Crippen LogP contribution < -0.4 is 5.32 Å². The number of methoxy groups -OCH3 is 1. The SMILES string of the molecule is CNC(c1coc(C)c1)c1ccnn1CCOC. The first-order valence-corrected chi connectivity index (χ1v) is 5.99. The van der Waals surface area contributed by atoms with Crippen LogP contribution in [0.5, 0.6) is 0 Å². The monoisotopic (exact) mass is 249 g/mol. The maximum absolute atomic E-state index is 5.37. The Labute approximate surface area is 107 Å². The third-order valence-electron chi connectivity index (χ3n) is 2.93. The van der Waals surface area contributed by atoms with E-state index in [0.29, 0.717) is 6.61 Å². The summed E-state index contributed by atoms with van der Waals surface area (Å²) in [5.41, 5.74) is 2.21. The van der Waals surface area contributed by atoms with E-state index in [0.717, 1.165) is 23.6 Å². The smallest absolute Gasteiger partial charge is 0.101 e. The van der Waals surface area contributed by atoms with Gasteiger partial charge in [0, 0.05) is 18.9 Å². The molecule has 0 fully saturated rings. The summed E-state index contributed by atoms with van der Waals surface area (Å²) >= 11 is 0. The minimum atomic E-state index is 0.0850. The molecule has 5 heteroatoms. The van der Waals surface area contributed by atoms with Gasteiger partial charge in [-0.25, -0.2) is 0 Å². The molecule has 0 saturated carbocycles. The number of furan rings is 1. The maximum Gasteiger partial charge on any atom is 0.101 e. The minimum Gasteiger partial charge on any atom is -0.469 e. The Morgan fingerprint density at radius 1 is 1.56 bits per heavy atom. The maximum atomic E-state index is 5.37. The first-order chi connectivity index (χ1) is 8.76. The second-order valence-corrected chi connectivity index (χ2v) is 4.18. The minimum absolute atomic E-state index is 0.0850. The van der Waals surface area contributed by atoms with Gasteiger partial charge in [-0.3, -0.25) is 4.68 Å². The molecule has 2 rings (SSSR count). The van der Waals surface area contributed by atoms with Crippen LogP contribution in [0, 0.1) is 6.92 Å². The van der Waals surface area contributed by atoms with E-state index in [1.165, 1.54) is 0 Å². The molecule has 1 atom stereocenters. The molecule has 0 saturated heterocycles. The number of rotatable bonds is 6. The predicted octanol–water partition coefficient (Wildman–Crippen LogP) is 1.74. The van der Waals surface area contributed by atoms with Crippen molar-refractivity contribution in [3.8, 4) is 0 Å². The highest BCUT2D eigenvalue weighted by atomic mass is 16.5. The highest BCUT2D eigenvalue weighted by Crippen LogP contribution is 2.23. The average molecular weight is 249 g/mol. The topological polar surface area (TPSA) is 52.2 Å². The Morgan fingerprint density at radius 2 is 2.39 bits per heavy atom. The molecule has 0 radical (unpaired) electrons. The number of nitrogens with one attached hydrogen (secondary N) is 1. The van der Waals surface area contributed by atoms with Crippen LogP contribution in [-0.4, -0.2) is 30.5 Å². The van der Waals surface area contributed by atoms with E-state index in [2.05, 4.69) is 10.4 Å². The third-order valence-corrected chi connectivity index (χ3v) is 2.93. The van der Waals surface area contributed by atoms with Gasteiger partial charge in [0.15, 0.2) is 0 Å². The molecule has 0 aliphatic rings. The fraction of sp³-hybridized carbons (Fsp3) is 0.462. The van der Waals surface area contributed by atoms with Crippen LogP contribution in [0.3, 0.4) is 0 Å². The molecule has 0 amide bonds. The van der Waals surface area contributed by atoms with Crippen molar-refractivity contribution in [2.24, 2.45) is 0 Å². The molecular weight excluding hydrogens is 230 g/mol. The summed E-state index contributed by atoms with van der Waals surface area (Å²) in [6, 6.07) is 4.13. The molecule has 1 N–H and O–H groups in total. The van der Waals surface area contributed by atoms with Gasteiger partial charge in [0.2, 0.25) is 0 Å². The van der Waals surface area contributed by atoms with Crippen LogP contribution >= 0.6 is 0 Å². The van der Waals surface area contributed by atoms with Gasteiger partial charge < -0.3 is 14.5 Å². The summed E-state index contributed by atoms with van der Waals surface area (Å²) in [7, 11) is 3.62. The average Bonchev–Trinajstić information content (AvgIpc) is 2.98. The van der Waals surface area contributed by atoms with E-state index >= 15 is 0 Å². The Morgan fingerprint density at radius 3 is 3.00 bits per heavy atom. The molecule has 2 aromatic heterocycles. The van der Waals surface area contributed by atoms with Crippen molar-refractivity contribution in [1.29, 1.82) is 0 Å². The fourth-order valence-corrected chi connectivity index (χ4v) is 2.05. The van der Waals surface area contributed by atoms with Crippen molar-refractivity contribution in [2.75, 3.05) is 20.8 Å². The van der Waals surface area contributed by atoms with E-state index in [-0.39, 0.29) is 6.04 Å². The van der Waals surface area contributed by atoms with Gasteiger partial charge in [0.05, 0.1) is 31.2 Å². The van der Waals surface area contributed by atoms with E-state index in [4.69, 9.17) is 9.15 Å². The summed E-state index contributed by atoms with van der Waals surface area (Å²) in [5, 5.41) is 7.61. The summed E-state index contributed by atoms with van der Waals surface area (Å²) in [6.07, 6.45) is 3.59. The molecule has 2 heterocycles. The molecule has 0 aliphatic carbocycles. The second-order valence-electron chi connectivity index (χ2n) is 4.18. The lowest BCUT2D eigenvalue weighted by atomic mass is 10.1. The van der Waals surface area contributed by atoms with Crippen molar-refractivity contribution in [2.45, 2.75) is 19.5 Å². The molecule has 0 aromatic carbocycles. The lowest BCUT2D eigenvalue weighted by Crippen LogP contribution is -2.22. The molecule has 0 spiro atoms. The third kappa shape index (κ3) is 2.63. The van der Waals surface area contributed by atoms with E-state index in [1.54, 1.807) is 13.4 Å². The largest absolute Gasteiger partial charge is 0.469 e. The van der Waals surface area contributed by atoms with E-state index < -0.39 is 0 Å². The lowest BCUT2D eigenvalue weighted by Gasteiger charge is -2.16. The Hall–Kier alpha value is -1.59. The zero-order valence-corrected chi connectivity index (χ0v) is 11.0. The highest BCUT2D eigenvalue weighted by Gasteiger charge is 2.18. The first-order valence-electron chi connectivity index (χ1n) is 5.99. The van der Waals surface area contributed by atoms with Gasteiger partial charge in [-0.2, -0.15) is 5.10 Å². The van der Waals surface area contributed by atoms with Crippen LogP contribution in [0.25, 0.3) is 0 Å². The molecule has 0 aliphatic heterocycles. The summed E-state index contributed by atoms with van der Waals surface area (Å²) in [5.74, 6) is 0.910. The Balaban J connectivity index is 2.24. The zero-order chi connectivity index (χ0) is 13.0. The van der Waals surface area contributed by atoms with Crippen LogP contribution in [0.15, 0.2) is 29.0 Å². The normalized spacial score (nSPS) is 12.8. The number of hydrogen-bond acceptors (Lipinski definition) is 4. The second kappa shape index (κ2) is 5.84. The van der Waals surface area contributed by atoms with Crippen molar-refractivity contribution in [3.63, 3.8) is 0 Å². The predicted molar refractivity (Wildman–Crippen MR) is 68.5 cm³/mol. The number of nitrogens with zero attached hydrogens (tertiary/aromatic N) is 2. The van der Waals surface area contributed by atoms with Crippen molar-refractivity contribution in [3.05, 3.63) is 41.6 Å². The molecule has 0 bridgehead atoms. The van der Waals surface area contributed by atoms with Gasteiger partial charge in [-0.1, -0.05) is 0 Å². The van der Waals surface area contributed by atoms with Crippen LogP contribution in [-0.2, 0) is 11.3 Å². The molecule has 18 heavy (non-hydrogen) atoms. The first kappa shape index (κ1) is 12.9. The summed E-state index contributed by atoms with van der Waals surface area (Å²) in [4.78, 5) is 0. The van der Waals surface area contributed by atoms with Crippen LogP contribution in [0.2, 0.25) is 0 Å². The van der Waals surface area contributed by atoms with Gasteiger partial charge in [-0.05, 0) is 26.1 Å².